The summed E-state index contributed by atoms with van der Waals surface area (Å²) in [6.07, 6.45) is 0.687. The summed E-state index contributed by atoms with van der Waals surface area (Å²) in [6.45, 7) is 5.88. The third-order valence-corrected chi connectivity index (χ3v) is 6.88. The lowest BCUT2D eigenvalue weighted by atomic mass is 10.0. The van der Waals surface area contributed by atoms with Crippen molar-refractivity contribution in [2.75, 3.05) is 49.1 Å². The molecular weight excluding hydrogens is 488 g/mol. The largest absolute Gasteiger partial charge is 0.492 e. The first kappa shape index (κ1) is 26.0. The highest BCUT2D eigenvalue weighted by Gasteiger charge is 2.30. The zero-order chi connectivity index (χ0) is 27.0. The molecule has 1 N–H and O–H groups in total. The smallest absolute Gasteiger partial charge is 0.243 e. The quantitative estimate of drug-likeness (QED) is 0.351. The lowest BCUT2D eigenvalue weighted by Crippen LogP contribution is -2.47. The Morgan fingerprint density at radius 2 is 1.56 bits per heavy atom. The van der Waals surface area contributed by atoms with Gasteiger partial charge in [0.1, 0.15) is 11.4 Å². The van der Waals surface area contributed by atoms with Gasteiger partial charge in [-0.3, -0.25) is 4.79 Å². The molecule has 2 heterocycles. The molecule has 0 aliphatic carbocycles. The fourth-order valence-corrected chi connectivity index (χ4v) is 4.91. The van der Waals surface area contributed by atoms with Crippen LogP contribution < -0.4 is 19.9 Å². The van der Waals surface area contributed by atoms with Gasteiger partial charge < -0.3 is 19.9 Å². The van der Waals surface area contributed by atoms with E-state index in [0.717, 1.165) is 35.6 Å². The number of ether oxygens (including phenoxy) is 1. The second-order valence-corrected chi connectivity index (χ2v) is 9.38. The number of carbonyl (C=O) groups is 1. The third kappa shape index (κ3) is 5.93. The van der Waals surface area contributed by atoms with E-state index in [4.69, 9.17) is 14.7 Å². The van der Waals surface area contributed by atoms with E-state index in [1.165, 1.54) is 0 Å². The van der Waals surface area contributed by atoms with Crippen molar-refractivity contribution in [3.05, 3.63) is 90.1 Å². The molecule has 198 valence electrons. The number of carbonyl (C=O) groups excluding carboxylic acids is 1. The van der Waals surface area contributed by atoms with Crippen molar-refractivity contribution in [1.82, 2.24) is 15.3 Å². The molecule has 1 aromatic heterocycles. The molecule has 0 bridgehead atoms. The van der Waals surface area contributed by atoms with Crippen LogP contribution in [0.3, 0.4) is 0 Å². The van der Waals surface area contributed by atoms with Gasteiger partial charge >= 0.3 is 0 Å². The van der Waals surface area contributed by atoms with Gasteiger partial charge in [0.2, 0.25) is 5.91 Å². The summed E-state index contributed by atoms with van der Waals surface area (Å²) < 4.78 is 5.84. The zero-order valence-corrected chi connectivity index (χ0v) is 22.1. The van der Waals surface area contributed by atoms with Gasteiger partial charge in [0.15, 0.2) is 11.7 Å². The Morgan fingerprint density at radius 3 is 2.28 bits per heavy atom. The highest BCUT2D eigenvalue weighted by Crippen LogP contribution is 2.32. The van der Waals surface area contributed by atoms with Crippen molar-refractivity contribution in [2.24, 2.45) is 0 Å². The van der Waals surface area contributed by atoms with E-state index in [0.29, 0.717) is 49.7 Å². The maximum Gasteiger partial charge on any atom is 0.243 e. The zero-order valence-electron chi connectivity index (χ0n) is 22.1. The molecule has 4 aromatic rings. The number of nitrogens with one attached hydrogen (secondary N) is 1. The van der Waals surface area contributed by atoms with Crippen LogP contribution >= 0.6 is 0 Å². The summed E-state index contributed by atoms with van der Waals surface area (Å²) >= 11 is 0. The predicted molar refractivity (Wildman–Crippen MR) is 153 cm³/mol. The maximum absolute atomic E-state index is 13.2. The van der Waals surface area contributed by atoms with Crippen molar-refractivity contribution in [1.29, 1.82) is 5.26 Å². The summed E-state index contributed by atoms with van der Waals surface area (Å²) in [5, 5.41) is 13.0. The van der Waals surface area contributed by atoms with E-state index < -0.39 is 5.92 Å². The Bertz CT molecular complexity index is 1460. The van der Waals surface area contributed by atoms with Crippen LogP contribution in [0.1, 0.15) is 24.1 Å². The molecule has 3 aromatic carbocycles. The number of fused-ring (bicyclic) bond motifs is 1. The molecular formula is C31H32N6O2. The van der Waals surface area contributed by atoms with Gasteiger partial charge in [-0.1, -0.05) is 54.6 Å². The van der Waals surface area contributed by atoms with E-state index in [2.05, 4.69) is 27.3 Å². The van der Waals surface area contributed by atoms with Gasteiger partial charge in [0.05, 0.1) is 29.4 Å². The third-order valence-electron chi connectivity index (χ3n) is 6.88. The summed E-state index contributed by atoms with van der Waals surface area (Å²) in [4.78, 5) is 27.4. The number of piperazine rings is 1. The van der Waals surface area contributed by atoms with Crippen molar-refractivity contribution < 1.29 is 9.53 Å². The normalized spacial score (nSPS) is 14.1. The molecule has 0 radical (unpaired) electrons. The van der Waals surface area contributed by atoms with E-state index in [9.17, 15) is 10.1 Å². The number of amides is 1. The maximum atomic E-state index is 13.2. The minimum atomic E-state index is -1.07. The van der Waals surface area contributed by atoms with Crippen LogP contribution in [0.2, 0.25) is 0 Å². The van der Waals surface area contributed by atoms with Crippen molar-refractivity contribution in [3.8, 4) is 11.8 Å². The highest BCUT2D eigenvalue weighted by molar-refractivity contribution is 5.89. The van der Waals surface area contributed by atoms with Crippen LogP contribution in [0, 0.1) is 11.3 Å². The van der Waals surface area contributed by atoms with E-state index in [1.807, 2.05) is 79.7 Å². The Kier molecular flexibility index (Phi) is 8.18. The van der Waals surface area contributed by atoms with E-state index in [1.54, 1.807) is 0 Å². The Hall–Kier alpha value is -4.64. The number of aromatic nitrogens is 2. The molecule has 39 heavy (non-hydrogen) atoms. The lowest BCUT2D eigenvalue weighted by molar-refractivity contribution is -0.121. The Morgan fingerprint density at radius 1 is 0.923 bits per heavy atom. The molecule has 1 saturated heterocycles. The van der Waals surface area contributed by atoms with Crippen LogP contribution in [0.15, 0.2) is 78.9 Å². The van der Waals surface area contributed by atoms with Crippen molar-refractivity contribution in [3.63, 3.8) is 0 Å². The molecule has 1 fully saturated rings. The number of benzene rings is 3. The standard InChI is InChI=1S/C31H32N6O2/c1-2-39-28-15-9-8-14-27(28)36-18-20-37(21-19-36)30-29(34-25-12-6-7-13-26(25)35-30)24(22-32)31(38)33-17-16-23-10-4-3-5-11-23/h3-15,24H,2,16-21H2,1H3,(H,33,38). The summed E-state index contributed by atoms with van der Waals surface area (Å²) in [5.41, 5.74) is 3.99. The Labute approximate surface area is 228 Å². The summed E-state index contributed by atoms with van der Waals surface area (Å²) in [6, 6.07) is 27.8. The number of rotatable bonds is 9. The van der Waals surface area contributed by atoms with Gasteiger partial charge in [0.25, 0.3) is 0 Å². The molecule has 1 aliphatic heterocycles. The molecule has 0 spiro atoms. The van der Waals surface area contributed by atoms with E-state index in [-0.39, 0.29) is 5.91 Å². The van der Waals surface area contributed by atoms with Crippen LogP contribution in [0.25, 0.3) is 11.0 Å². The Balaban J connectivity index is 1.37. The topological polar surface area (TPSA) is 94.4 Å². The van der Waals surface area contributed by atoms with Gasteiger partial charge in [-0.15, -0.1) is 0 Å². The molecule has 1 unspecified atom stereocenters. The minimum Gasteiger partial charge on any atom is -0.492 e. The second-order valence-electron chi connectivity index (χ2n) is 9.38. The van der Waals surface area contributed by atoms with Crippen LogP contribution in [-0.4, -0.2) is 55.2 Å². The number of hydrogen-bond donors (Lipinski definition) is 1. The number of nitrogens with zero attached hydrogens (tertiary/aromatic N) is 5. The van der Waals surface area contributed by atoms with Crippen molar-refractivity contribution in [2.45, 2.75) is 19.3 Å². The molecule has 8 heteroatoms. The number of nitriles is 1. The number of para-hydroxylation sites is 4. The van der Waals surface area contributed by atoms with Gasteiger partial charge in [-0.2, -0.15) is 5.26 Å². The fourth-order valence-electron chi connectivity index (χ4n) is 4.91. The van der Waals surface area contributed by atoms with Crippen LogP contribution in [-0.2, 0) is 11.2 Å². The number of hydrogen-bond acceptors (Lipinski definition) is 7. The first-order valence-electron chi connectivity index (χ1n) is 13.4. The predicted octanol–water partition coefficient (Wildman–Crippen LogP) is 4.32. The molecule has 1 atom stereocenters. The van der Waals surface area contributed by atoms with E-state index >= 15 is 0 Å². The SMILES string of the molecule is CCOc1ccccc1N1CCN(c2nc3ccccc3nc2C(C#N)C(=O)NCCc2ccccc2)CC1. The monoisotopic (exact) mass is 520 g/mol. The second kappa shape index (κ2) is 12.3. The molecule has 8 nitrogen and oxygen atoms in total. The summed E-state index contributed by atoms with van der Waals surface area (Å²) in [7, 11) is 0. The number of anilines is 2. The van der Waals surface area contributed by atoms with Gasteiger partial charge in [-0.25, -0.2) is 9.97 Å². The first-order chi connectivity index (χ1) is 19.2. The lowest BCUT2D eigenvalue weighted by Gasteiger charge is -2.38. The summed E-state index contributed by atoms with van der Waals surface area (Å²) in [5.74, 6) is 0.0423. The van der Waals surface area contributed by atoms with Crippen LogP contribution in [0.4, 0.5) is 11.5 Å². The molecule has 1 aliphatic rings. The molecule has 0 saturated carbocycles. The highest BCUT2D eigenvalue weighted by atomic mass is 16.5. The molecule has 1 amide bonds. The van der Waals surface area contributed by atoms with Gasteiger partial charge in [0, 0.05) is 32.7 Å². The molecule has 5 rings (SSSR count). The average Bonchev–Trinajstić information content (AvgIpc) is 2.98. The van der Waals surface area contributed by atoms with Crippen LogP contribution in [0.5, 0.6) is 5.75 Å². The van der Waals surface area contributed by atoms with Gasteiger partial charge in [-0.05, 0) is 43.2 Å². The first-order valence-corrected chi connectivity index (χ1v) is 13.4. The minimum absolute atomic E-state index is 0.358. The fraction of sp³-hybridized carbons (Fsp3) is 0.290. The average molecular weight is 521 g/mol. The van der Waals surface area contributed by atoms with Crippen molar-refractivity contribution >= 4 is 28.4 Å².